The lowest BCUT2D eigenvalue weighted by molar-refractivity contribution is -0.900. The number of amides is 1. The van der Waals surface area contributed by atoms with Crippen LogP contribution in [0.1, 0.15) is 36.9 Å². The second-order valence-corrected chi connectivity index (χ2v) is 7.49. The van der Waals surface area contributed by atoms with Gasteiger partial charge in [-0.2, -0.15) is 8.78 Å². The summed E-state index contributed by atoms with van der Waals surface area (Å²) >= 11 is 0. The zero-order chi connectivity index (χ0) is 19.9. The highest BCUT2D eigenvalue weighted by molar-refractivity contribution is 5.78. The molecule has 2 aromatic rings. The molecule has 2 N–H and O–H groups in total. The Bertz CT molecular complexity index is 753. The van der Waals surface area contributed by atoms with Gasteiger partial charge in [-0.25, -0.2) is 0 Å². The van der Waals surface area contributed by atoms with E-state index < -0.39 is 6.61 Å². The molecular formula is C22H27F2N2O2+. The maximum atomic E-state index is 12.7. The largest absolute Gasteiger partial charge is 0.435 e. The maximum absolute atomic E-state index is 12.7. The number of alkyl halides is 2. The third-order valence-electron chi connectivity index (χ3n) is 5.15. The van der Waals surface area contributed by atoms with Gasteiger partial charge in [0.25, 0.3) is 5.91 Å². The molecule has 1 amide bonds. The summed E-state index contributed by atoms with van der Waals surface area (Å²) in [5.74, 6) is 0.735. The van der Waals surface area contributed by atoms with Crippen molar-refractivity contribution in [2.45, 2.75) is 32.4 Å². The molecule has 28 heavy (non-hydrogen) atoms. The van der Waals surface area contributed by atoms with Gasteiger partial charge in [0.15, 0.2) is 6.54 Å². The van der Waals surface area contributed by atoms with Gasteiger partial charge in [0.1, 0.15) is 5.75 Å². The number of likely N-dealkylation sites (tertiary alicyclic amines) is 1. The Balaban J connectivity index is 1.73. The van der Waals surface area contributed by atoms with Gasteiger partial charge in [-0.3, -0.25) is 4.79 Å². The molecule has 2 aromatic carbocycles. The molecule has 4 nitrogen and oxygen atoms in total. The third-order valence-corrected chi connectivity index (χ3v) is 5.15. The van der Waals surface area contributed by atoms with Crippen LogP contribution in [0.5, 0.6) is 5.75 Å². The van der Waals surface area contributed by atoms with E-state index in [9.17, 15) is 13.6 Å². The first-order chi connectivity index (χ1) is 13.5. The lowest BCUT2D eigenvalue weighted by Gasteiger charge is -2.28. The molecule has 1 aliphatic rings. The van der Waals surface area contributed by atoms with E-state index in [0.717, 1.165) is 30.6 Å². The van der Waals surface area contributed by atoms with E-state index >= 15 is 0 Å². The van der Waals surface area contributed by atoms with Crippen LogP contribution in [-0.2, 0) is 4.79 Å². The van der Waals surface area contributed by atoms with Gasteiger partial charge in [0, 0.05) is 5.92 Å². The molecule has 0 aromatic heterocycles. The van der Waals surface area contributed by atoms with E-state index in [-0.39, 0.29) is 17.7 Å². The highest BCUT2D eigenvalue weighted by Crippen LogP contribution is 2.24. The standard InChI is InChI=1S/C22H26F2N2O2/c1-16-6-5-13-26(14-16)15-20(27)25-21(17-7-3-2-4-8-17)18-9-11-19(12-10-18)28-22(23)24/h2-4,7-12,16,21-22H,5-6,13-15H2,1H3,(H,25,27)/p+1/t16-,21+/m1/s1. The summed E-state index contributed by atoms with van der Waals surface area (Å²) in [5.41, 5.74) is 1.77. The average Bonchev–Trinajstić information content (AvgIpc) is 2.67. The van der Waals surface area contributed by atoms with E-state index in [1.54, 1.807) is 12.1 Å². The zero-order valence-electron chi connectivity index (χ0n) is 16.0. The maximum Gasteiger partial charge on any atom is 0.387 e. The van der Waals surface area contributed by atoms with E-state index in [1.165, 1.54) is 23.5 Å². The first-order valence-corrected chi connectivity index (χ1v) is 9.74. The number of halogens is 2. The summed E-state index contributed by atoms with van der Waals surface area (Å²) in [7, 11) is 0. The molecule has 1 aliphatic heterocycles. The Labute approximate surface area is 164 Å². The summed E-state index contributed by atoms with van der Waals surface area (Å²) in [6.07, 6.45) is 2.38. The third kappa shape index (κ3) is 5.76. The number of ether oxygens (including phenoxy) is 1. The summed E-state index contributed by atoms with van der Waals surface area (Å²) in [6, 6.07) is 15.7. The van der Waals surface area contributed by atoms with Crippen molar-refractivity contribution in [1.29, 1.82) is 0 Å². The lowest BCUT2D eigenvalue weighted by atomic mass is 9.98. The minimum absolute atomic E-state index is 0.00846. The molecule has 0 aliphatic carbocycles. The molecule has 6 heteroatoms. The molecule has 3 rings (SSSR count). The minimum Gasteiger partial charge on any atom is -0.435 e. The number of hydrogen-bond acceptors (Lipinski definition) is 2. The van der Waals surface area contributed by atoms with E-state index in [0.29, 0.717) is 12.5 Å². The van der Waals surface area contributed by atoms with Gasteiger partial charge >= 0.3 is 6.61 Å². The molecule has 0 spiro atoms. The van der Waals surface area contributed by atoms with Gasteiger partial charge in [0.2, 0.25) is 0 Å². The molecule has 3 atom stereocenters. The monoisotopic (exact) mass is 389 g/mol. The number of nitrogens with one attached hydrogen (secondary N) is 2. The quantitative estimate of drug-likeness (QED) is 0.765. The number of rotatable bonds is 7. The van der Waals surface area contributed by atoms with Crippen LogP contribution >= 0.6 is 0 Å². The van der Waals surface area contributed by atoms with Crippen molar-refractivity contribution in [3.05, 3.63) is 65.7 Å². The van der Waals surface area contributed by atoms with Crippen LogP contribution in [0.4, 0.5) is 8.78 Å². The fourth-order valence-corrected chi connectivity index (χ4v) is 3.84. The highest BCUT2D eigenvalue weighted by Gasteiger charge is 2.24. The lowest BCUT2D eigenvalue weighted by Crippen LogP contribution is -3.14. The van der Waals surface area contributed by atoms with Gasteiger partial charge < -0.3 is 15.0 Å². The zero-order valence-corrected chi connectivity index (χ0v) is 16.0. The van der Waals surface area contributed by atoms with Gasteiger partial charge in [-0.05, 0) is 36.1 Å². The van der Waals surface area contributed by atoms with Crippen LogP contribution in [0.15, 0.2) is 54.6 Å². The van der Waals surface area contributed by atoms with Crippen LogP contribution in [0.25, 0.3) is 0 Å². The van der Waals surface area contributed by atoms with Crippen molar-refractivity contribution in [3.63, 3.8) is 0 Å². The van der Waals surface area contributed by atoms with Crippen molar-refractivity contribution >= 4 is 5.91 Å². The molecular weight excluding hydrogens is 362 g/mol. The number of carbonyl (C=O) groups is 1. The Morgan fingerprint density at radius 2 is 1.82 bits per heavy atom. The molecule has 1 fully saturated rings. The second kappa shape index (κ2) is 9.64. The average molecular weight is 389 g/mol. The highest BCUT2D eigenvalue weighted by atomic mass is 19.3. The van der Waals surface area contributed by atoms with E-state index in [4.69, 9.17) is 0 Å². The first kappa shape index (κ1) is 20.3. The summed E-state index contributed by atoms with van der Waals surface area (Å²) in [6.45, 7) is 1.86. The van der Waals surface area contributed by atoms with Gasteiger partial charge in [-0.1, -0.05) is 49.4 Å². The fraction of sp³-hybridized carbons (Fsp3) is 0.409. The Hall–Kier alpha value is -2.47. The molecule has 0 radical (unpaired) electrons. The Morgan fingerprint density at radius 3 is 2.46 bits per heavy atom. The first-order valence-electron chi connectivity index (χ1n) is 9.74. The van der Waals surface area contributed by atoms with Crippen molar-refractivity contribution in [1.82, 2.24) is 5.32 Å². The number of hydrogen-bond donors (Lipinski definition) is 2. The van der Waals surface area contributed by atoms with Crippen LogP contribution in [0.2, 0.25) is 0 Å². The van der Waals surface area contributed by atoms with Crippen LogP contribution < -0.4 is 15.0 Å². The summed E-state index contributed by atoms with van der Waals surface area (Å²) < 4.78 is 29.2. The fourth-order valence-electron chi connectivity index (χ4n) is 3.84. The molecule has 1 unspecified atom stereocenters. The topological polar surface area (TPSA) is 42.8 Å². The second-order valence-electron chi connectivity index (χ2n) is 7.49. The van der Waals surface area contributed by atoms with E-state index in [2.05, 4.69) is 17.0 Å². The number of carbonyl (C=O) groups excluding carboxylic acids is 1. The Morgan fingerprint density at radius 1 is 1.14 bits per heavy atom. The van der Waals surface area contributed by atoms with Gasteiger partial charge in [0.05, 0.1) is 19.1 Å². The number of benzene rings is 2. The number of quaternary nitrogens is 1. The molecule has 1 heterocycles. The smallest absolute Gasteiger partial charge is 0.387 e. The van der Waals surface area contributed by atoms with Crippen molar-refractivity contribution in [3.8, 4) is 5.75 Å². The van der Waals surface area contributed by atoms with Crippen molar-refractivity contribution in [2.24, 2.45) is 5.92 Å². The normalized spacial score (nSPS) is 20.6. The molecule has 150 valence electrons. The SMILES string of the molecule is C[C@@H]1CCC[NH+](CC(=O)N[C@@H](c2ccccc2)c2ccc(OC(F)F)cc2)C1. The molecule has 0 saturated carbocycles. The van der Waals surface area contributed by atoms with E-state index in [1.807, 2.05) is 30.3 Å². The predicted molar refractivity (Wildman–Crippen MR) is 103 cm³/mol. The molecule has 1 saturated heterocycles. The van der Waals surface area contributed by atoms with Crippen molar-refractivity contribution < 1.29 is 23.2 Å². The molecule has 0 bridgehead atoms. The minimum atomic E-state index is -2.86. The Kier molecular flexibility index (Phi) is 6.98. The number of piperidine rings is 1. The van der Waals surface area contributed by atoms with Crippen molar-refractivity contribution in [2.75, 3.05) is 19.6 Å². The summed E-state index contributed by atoms with van der Waals surface area (Å²) in [5, 5.41) is 3.12. The van der Waals surface area contributed by atoms with Crippen LogP contribution in [-0.4, -0.2) is 32.2 Å². The summed E-state index contributed by atoms with van der Waals surface area (Å²) in [4.78, 5) is 14.0. The van der Waals surface area contributed by atoms with Gasteiger partial charge in [-0.15, -0.1) is 0 Å². The van der Waals surface area contributed by atoms with Crippen LogP contribution in [0, 0.1) is 5.92 Å². The van der Waals surface area contributed by atoms with Crippen LogP contribution in [0.3, 0.4) is 0 Å². The predicted octanol–water partition coefficient (Wildman–Crippen LogP) is 2.81.